The van der Waals surface area contributed by atoms with E-state index in [1.54, 1.807) is 0 Å². The van der Waals surface area contributed by atoms with E-state index in [0.717, 1.165) is 0 Å². The van der Waals surface area contributed by atoms with Crippen molar-refractivity contribution >= 4 is 23.9 Å². The first kappa shape index (κ1) is 19.7. The van der Waals surface area contributed by atoms with Gasteiger partial charge in [-0.25, -0.2) is 9.59 Å². The van der Waals surface area contributed by atoms with Gasteiger partial charge in [-0.05, 0) is 0 Å². The van der Waals surface area contributed by atoms with Crippen LogP contribution in [0.25, 0.3) is 0 Å². The van der Waals surface area contributed by atoms with Gasteiger partial charge in [-0.15, -0.1) is 0 Å². The standard InChI is InChI=1S/C14H18O8/c1-9(5-7-15)13(19)21-11(17)3-4-12(18)22-14(20)10(2)6-8-16/h15-16H,1-8H2. The van der Waals surface area contributed by atoms with E-state index >= 15 is 0 Å². The van der Waals surface area contributed by atoms with Gasteiger partial charge >= 0.3 is 23.9 Å². The van der Waals surface area contributed by atoms with Gasteiger partial charge in [0.05, 0.1) is 12.8 Å². The molecule has 2 N–H and O–H groups in total. The van der Waals surface area contributed by atoms with Crippen molar-refractivity contribution in [2.24, 2.45) is 0 Å². The number of esters is 4. The molecule has 0 saturated heterocycles. The highest BCUT2D eigenvalue weighted by Gasteiger charge is 2.18. The molecule has 8 nitrogen and oxygen atoms in total. The molecule has 8 heteroatoms. The molecular weight excluding hydrogens is 296 g/mol. The third-order valence-corrected chi connectivity index (χ3v) is 2.35. The fourth-order valence-corrected chi connectivity index (χ4v) is 1.13. The lowest BCUT2D eigenvalue weighted by Gasteiger charge is -2.05. The molecule has 0 aliphatic carbocycles. The Morgan fingerprint density at radius 3 is 1.27 bits per heavy atom. The number of aliphatic hydroxyl groups excluding tert-OH is 2. The van der Waals surface area contributed by atoms with Crippen LogP contribution >= 0.6 is 0 Å². The van der Waals surface area contributed by atoms with E-state index < -0.39 is 36.7 Å². The smallest absolute Gasteiger partial charge is 0.341 e. The van der Waals surface area contributed by atoms with Gasteiger partial charge < -0.3 is 19.7 Å². The van der Waals surface area contributed by atoms with E-state index in [1.807, 2.05) is 0 Å². The molecule has 0 aliphatic heterocycles. The minimum Gasteiger partial charge on any atom is -0.396 e. The highest BCUT2D eigenvalue weighted by atomic mass is 16.6. The van der Waals surface area contributed by atoms with Crippen molar-refractivity contribution in [2.75, 3.05) is 13.2 Å². The van der Waals surface area contributed by atoms with Gasteiger partial charge in [0.2, 0.25) is 0 Å². The predicted octanol–water partition coefficient (Wildman–Crippen LogP) is -0.217. The molecule has 122 valence electrons. The molecule has 0 aliphatic rings. The highest BCUT2D eigenvalue weighted by Crippen LogP contribution is 2.05. The summed E-state index contributed by atoms with van der Waals surface area (Å²) in [4.78, 5) is 45.1. The summed E-state index contributed by atoms with van der Waals surface area (Å²) < 4.78 is 8.75. The molecule has 0 aromatic rings. The summed E-state index contributed by atoms with van der Waals surface area (Å²) in [7, 11) is 0. The molecule has 0 rings (SSSR count). The molecule has 0 saturated carbocycles. The van der Waals surface area contributed by atoms with Crippen molar-refractivity contribution in [3.63, 3.8) is 0 Å². The van der Waals surface area contributed by atoms with Crippen molar-refractivity contribution in [1.29, 1.82) is 0 Å². The summed E-state index contributed by atoms with van der Waals surface area (Å²) >= 11 is 0. The lowest BCUT2D eigenvalue weighted by atomic mass is 10.2. The van der Waals surface area contributed by atoms with Gasteiger partial charge in [-0.1, -0.05) is 13.2 Å². The molecule has 0 fully saturated rings. The molecule has 0 bridgehead atoms. The average Bonchev–Trinajstić information content (AvgIpc) is 2.45. The van der Waals surface area contributed by atoms with Crippen LogP contribution < -0.4 is 0 Å². The quantitative estimate of drug-likeness (QED) is 0.340. The van der Waals surface area contributed by atoms with Crippen molar-refractivity contribution in [1.82, 2.24) is 0 Å². The minimum absolute atomic E-state index is 0.0321. The van der Waals surface area contributed by atoms with Crippen LogP contribution in [0.3, 0.4) is 0 Å². The monoisotopic (exact) mass is 314 g/mol. The first-order valence-corrected chi connectivity index (χ1v) is 6.39. The summed E-state index contributed by atoms with van der Waals surface area (Å²) in [5.41, 5.74) is -0.150. The third-order valence-electron chi connectivity index (χ3n) is 2.35. The van der Waals surface area contributed by atoms with Crippen LogP contribution in [0.15, 0.2) is 24.3 Å². The number of carbonyl (C=O) groups is 4. The zero-order chi connectivity index (χ0) is 17.1. The first-order valence-electron chi connectivity index (χ1n) is 6.39. The number of aliphatic hydroxyl groups is 2. The normalized spacial score (nSPS) is 9.73. The Labute approximate surface area is 127 Å². The number of carbonyl (C=O) groups excluding carboxylic acids is 4. The molecule has 0 atom stereocenters. The number of rotatable bonds is 9. The van der Waals surface area contributed by atoms with Crippen LogP contribution in [0.4, 0.5) is 0 Å². The summed E-state index contributed by atoms with van der Waals surface area (Å²) in [6.07, 6.45) is -0.987. The second-order valence-corrected chi connectivity index (χ2v) is 4.18. The second kappa shape index (κ2) is 10.4. The van der Waals surface area contributed by atoms with E-state index in [9.17, 15) is 19.2 Å². The maximum absolute atomic E-state index is 11.3. The fourth-order valence-electron chi connectivity index (χ4n) is 1.13. The lowest BCUT2D eigenvalue weighted by molar-refractivity contribution is -0.162. The fraction of sp³-hybridized carbons (Fsp3) is 0.429. The van der Waals surface area contributed by atoms with Gasteiger partial charge in [-0.2, -0.15) is 0 Å². The number of hydrogen-bond donors (Lipinski definition) is 2. The average molecular weight is 314 g/mol. The van der Waals surface area contributed by atoms with Crippen LogP contribution in [0.1, 0.15) is 25.7 Å². The Kier molecular flexibility index (Phi) is 9.31. The van der Waals surface area contributed by atoms with Crippen LogP contribution in [0.5, 0.6) is 0 Å². The Morgan fingerprint density at radius 1 is 0.682 bits per heavy atom. The summed E-state index contributed by atoms with van der Waals surface area (Å²) in [6.45, 7) is 6.01. The lowest BCUT2D eigenvalue weighted by Crippen LogP contribution is -2.18. The zero-order valence-corrected chi connectivity index (χ0v) is 12.0. The zero-order valence-electron chi connectivity index (χ0n) is 12.0. The minimum atomic E-state index is -0.986. The molecule has 0 aromatic carbocycles. The van der Waals surface area contributed by atoms with E-state index in [4.69, 9.17) is 10.2 Å². The van der Waals surface area contributed by atoms with Gasteiger partial charge in [0, 0.05) is 37.2 Å². The van der Waals surface area contributed by atoms with Crippen molar-refractivity contribution in [2.45, 2.75) is 25.7 Å². The summed E-state index contributed by atoms with van der Waals surface area (Å²) in [6, 6.07) is 0. The maximum atomic E-state index is 11.3. The van der Waals surface area contributed by atoms with Gasteiger partial charge in [-0.3, -0.25) is 9.59 Å². The Morgan fingerprint density at radius 2 is 1.00 bits per heavy atom. The van der Waals surface area contributed by atoms with Crippen LogP contribution in [-0.2, 0) is 28.7 Å². The molecule has 0 spiro atoms. The molecule has 0 radical (unpaired) electrons. The van der Waals surface area contributed by atoms with Gasteiger partial charge in [0.1, 0.15) is 0 Å². The molecule has 0 unspecified atom stereocenters. The SMILES string of the molecule is C=C(CCO)C(=O)OC(=O)CCC(=O)OC(=O)C(=C)CCO. The van der Waals surface area contributed by atoms with Crippen LogP contribution in [-0.4, -0.2) is 47.3 Å². The van der Waals surface area contributed by atoms with Crippen molar-refractivity contribution < 1.29 is 38.9 Å². The topological polar surface area (TPSA) is 127 Å². The molecule has 0 heterocycles. The predicted molar refractivity (Wildman–Crippen MR) is 73.1 cm³/mol. The summed E-state index contributed by atoms with van der Waals surface area (Å²) in [5.74, 6) is -3.94. The van der Waals surface area contributed by atoms with Crippen LogP contribution in [0.2, 0.25) is 0 Å². The Bertz CT molecular complexity index is 433. The largest absolute Gasteiger partial charge is 0.396 e. The van der Waals surface area contributed by atoms with E-state index in [-0.39, 0.29) is 37.2 Å². The van der Waals surface area contributed by atoms with Gasteiger partial charge in [0.25, 0.3) is 0 Å². The van der Waals surface area contributed by atoms with Gasteiger partial charge in [0.15, 0.2) is 0 Å². The van der Waals surface area contributed by atoms with Crippen molar-refractivity contribution in [3.05, 3.63) is 24.3 Å². The summed E-state index contributed by atoms with van der Waals surface area (Å²) in [5, 5.41) is 17.2. The van der Waals surface area contributed by atoms with E-state index in [2.05, 4.69) is 22.6 Å². The molecule has 0 aromatic heterocycles. The Hall–Kier alpha value is -2.32. The maximum Gasteiger partial charge on any atom is 0.341 e. The first-order chi connectivity index (χ1) is 10.3. The second-order valence-electron chi connectivity index (χ2n) is 4.18. The number of ether oxygens (including phenoxy) is 2. The third kappa shape index (κ3) is 8.08. The highest BCUT2D eigenvalue weighted by molar-refractivity contribution is 5.98. The van der Waals surface area contributed by atoms with E-state index in [1.165, 1.54) is 0 Å². The molecule has 0 amide bonds. The number of hydrogen-bond acceptors (Lipinski definition) is 8. The van der Waals surface area contributed by atoms with E-state index in [0.29, 0.717) is 0 Å². The Balaban J connectivity index is 4.12. The van der Waals surface area contributed by atoms with Crippen molar-refractivity contribution in [3.8, 4) is 0 Å². The van der Waals surface area contributed by atoms with Crippen LogP contribution in [0, 0.1) is 0 Å². The molecule has 22 heavy (non-hydrogen) atoms. The molecular formula is C14H18O8.